The van der Waals surface area contributed by atoms with Crippen LogP contribution in [0.2, 0.25) is 0 Å². The van der Waals surface area contributed by atoms with Gasteiger partial charge in [0.05, 0.1) is 12.2 Å². The molecule has 1 aromatic heterocycles. The van der Waals surface area contributed by atoms with E-state index in [0.29, 0.717) is 0 Å². The fourth-order valence-corrected chi connectivity index (χ4v) is 4.33. The maximum atomic E-state index is 12.8. The first-order valence-electron chi connectivity index (χ1n) is 9.69. The summed E-state index contributed by atoms with van der Waals surface area (Å²) in [4.78, 5) is 21.9. The van der Waals surface area contributed by atoms with Crippen molar-refractivity contribution in [3.05, 3.63) is 75.6 Å². The van der Waals surface area contributed by atoms with Crippen LogP contribution in [-0.2, 0) is 6.54 Å². The Labute approximate surface area is 170 Å². The van der Waals surface area contributed by atoms with Crippen LogP contribution < -0.4 is 0 Å². The average molecular weight is 392 g/mol. The van der Waals surface area contributed by atoms with Gasteiger partial charge in [-0.2, -0.15) is 0 Å². The Bertz CT molecular complexity index is 959. The molecule has 144 valence electrons. The van der Waals surface area contributed by atoms with Gasteiger partial charge in [-0.15, -0.1) is 11.3 Å². The summed E-state index contributed by atoms with van der Waals surface area (Å²) in [5, 5.41) is 3.26. The molecule has 4 nitrogen and oxygen atoms in total. The van der Waals surface area contributed by atoms with Crippen LogP contribution in [0.15, 0.2) is 53.9 Å². The van der Waals surface area contributed by atoms with E-state index in [1.807, 2.05) is 41.3 Å². The first-order chi connectivity index (χ1) is 13.6. The molecule has 0 spiro atoms. The van der Waals surface area contributed by atoms with Crippen molar-refractivity contribution < 1.29 is 4.79 Å². The molecule has 1 amide bonds. The van der Waals surface area contributed by atoms with Crippen molar-refractivity contribution >= 4 is 17.2 Å². The number of aryl methyl sites for hydroxylation is 2. The van der Waals surface area contributed by atoms with Crippen molar-refractivity contribution in [1.82, 2.24) is 14.8 Å². The zero-order valence-corrected chi connectivity index (χ0v) is 17.2. The summed E-state index contributed by atoms with van der Waals surface area (Å²) in [5.41, 5.74) is 5.39. The lowest BCUT2D eigenvalue weighted by atomic mass is 10.1. The molecule has 4 rings (SSSR count). The summed E-state index contributed by atoms with van der Waals surface area (Å²) in [5.74, 6) is 0.142. The number of amides is 1. The van der Waals surface area contributed by atoms with Gasteiger partial charge in [0, 0.05) is 42.7 Å². The van der Waals surface area contributed by atoms with E-state index in [0.717, 1.165) is 54.6 Å². The summed E-state index contributed by atoms with van der Waals surface area (Å²) in [6.45, 7) is 8.29. The third-order valence-electron chi connectivity index (χ3n) is 5.39. The molecular weight excluding hydrogens is 366 g/mol. The highest BCUT2D eigenvalue weighted by Crippen LogP contribution is 2.23. The van der Waals surface area contributed by atoms with E-state index < -0.39 is 0 Å². The Kier molecular flexibility index (Phi) is 5.55. The Balaban J connectivity index is 1.34. The van der Waals surface area contributed by atoms with Gasteiger partial charge in [0.25, 0.3) is 5.91 Å². The van der Waals surface area contributed by atoms with Gasteiger partial charge in [-0.25, -0.2) is 4.98 Å². The molecule has 1 saturated heterocycles. The minimum absolute atomic E-state index is 0.142. The Morgan fingerprint density at radius 2 is 1.75 bits per heavy atom. The molecule has 28 heavy (non-hydrogen) atoms. The molecule has 5 heteroatoms. The number of hydrogen-bond donors (Lipinski definition) is 0. The molecular formula is C23H25N3OS. The molecule has 1 fully saturated rings. The van der Waals surface area contributed by atoms with Crippen LogP contribution in [0.3, 0.4) is 0 Å². The molecule has 2 heterocycles. The summed E-state index contributed by atoms with van der Waals surface area (Å²) in [7, 11) is 0. The van der Waals surface area contributed by atoms with Gasteiger partial charge in [0.15, 0.2) is 0 Å². The number of piperazine rings is 1. The summed E-state index contributed by atoms with van der Waals surface area (Å²) < 4.78 is 0. The van der Waals surface area contributed by atoms with Gasteiger partial charge in [0.1, 0.15) is 5.01 Å². The van der Waals surface area contributed by atoms with E-state index in [1.54, 1.807) is 11.3 Å². The summed E-state index contributed by atoms with van der Waals surface area (Å²) in [6.07, 6.45) is 0. The smallest absolute Gasteiger partial charge is 0.253 e. The Morgan fingerprint density at radius 3 is 2.46 bits per heavy atom. The number of rotatable bonds is 4. The second kappa shape index (κ2) is 8.25. The number of hydrogen-bond acceptors (Lipinski definition) is 4. The number of aromatic nitrogens is 1. The predicted molar refractivity (Wildman–Crippen MR) is 115 cm³/mol. The average Bonchev–Trinajstić information content (AvgIpc) is 3.19. The minimum atomic E-state index is 0.142. The van der Waals surface area contributed by atoms with Gasteiger partial charge in [-0.05, 0) is 37.1 Å². The molecule has 0 bridgehead atoms. The molecule has 0 radical (unpaired) electrons. The third kappa shape index (κ3) is 4.16. The Hall–Kier alpha value is -2.50. The maximum Gasteiger partial charge on any atom is 0.253 e. The van der Waals surface area contributed by atoms with E-state index in [-0.39, 0.29) is 5.91 Å². The van der Waals surface area contributed by atoms with Crippen LogP contribution in [0.1, 0.15) is 26.5 Å². The molecule has 2 aromatic carbocycles. The van der Waals surface area contributed by atoms with Crippen LogP contribution in [-0.4, -0.2) is 46.9 Å². The SMILES string of the molecule is Cc1ccc(C(=O)N2CCN(Cc3nc(-c4ccccc4)cs3)CC2)cc1C. The van der Waals surface area contributed by atoms with Gasteiger partial charge in [-0.3, -0.25) is 9.69 Å². The number of thiazole rings is 1. The molecule has 0 unspecified atom stereocenters. The molecule has 0 saturated carbocycles. The van der Waals surface area contributed by atoms with E-state index in [1.165, 1.54) is 11.1 Å². The summed E-state index contributed by atoms with van der Waals surface area (Å²) in [6, 6.07) is 16.3. The van der Waals surface area contributed by atoms with Crippen molar-refractivity contribution in [2.45, 2.75) is 20.4 Å². The van der Waals surface area contributed by atoms with Crippen LogP contribution >= 0.6 is 11.3 Å². The third-order valence-corrected chi connectivity index (χ3v) is 6.23. The summed E-state index contributed by atoms with van der Waals surface area (Å²) >= 11 is 1.71. The first kappa shape index (κ1) is 18.8. The van der Waals surface area contributed by atoms with Gasteiger partial charge >= 0.3 is 0 Å². The second-order valence-electron chi connectivity index (χ2n) is 7.36. The van der Waals surface area contributed by atoms with Crippen molar-refractivity contribution in [1.29, 1.82) is 0 Å². The van der Waals surface area contributed by atoms with Crippen LogP contribution in [0.25, 0.3) is 11.3 Å². The first-order valence-corrected chi connectivity index (χ1v) is 10.6. The molecule has 3 aromatic rings. The fraction of sp³-hybridized carbons (Fsp3) is 0.304. The van der Waals surface area contributed by atoms with Crippen LogP contribution in [0.4, 0.5) is 0 Å². The van der Waals surface area contributed by atoms with Crippen LogP contribution in [0.5, 0.6) is 0 Å². The van der Waals surface area contributed by atoms with Gasteiger partial charge < -0.3 is 4.90 Å². The standard InChI is InChI=1S/C23H25N3OS/c1-17-8-9-20(14-18(17)2)23(27)26-12-10-25(11-13-26)15-22-24-21(16-28-22)19-6-4-3-5-7-19/h3-9,14,16H,10-13,15H2,1-2H3. The van der Waals surface area contributed by atoms with E-state index >= 15 is 0 Å². The normalized spacial score (nSPS) is 15.0. The number of carbonyl (C=O) groups is 1. The van der Waals surface area contributed by atoms with Crippen molar-refractivity contribution in [3.63, 3.8) is 0 Å². The van der Waals surface area contributed by atoms with Gasteiger partial charge in [0.2, 0.25) is 0 Å². The topological polar surface area (TPSA) is 36.4 Å². The molecule has 0 aliphatic carbocycles. The Morgan fingerprint density at radius 1 is 1.00 bits per heavy atom. The lowest BCUT2D eigenvalue weighted by Crippen LogP contribution is -2.48. The zero-order valence-electron chi connectivity index (χ0n) is 16.4. The van der Waals surface area contributed by atoms with Crippen molar-refractivity contribution in [3.8, 4) is 11.3 Å². The van der Waals surface area contributed by atoms with Gasteiger partial charge in [-0.1, -0.05) is 36.4 Å². The molecule has 1 aliphatic rings. The minimum Gasteiger partial charge on any atom is -0.336 e. The van der Waals surface area contributed by atoms with Crippen molar-refractivity contribution in [2.75, 3.05) is 26.2 Å². The predicted octanol–water partition coefficient (Wildman–Crippen LogP) is 4.38. The molecule has 1 aliphatic heterocycles. The van der Waals surface area contributed by atoms with Crippen molar-refractivity contribution in [2.24, 2.45) is 0 Å². The molecule has 0 atom stereocenters. The largest absolute Gasteiger partial charge is 0.336 e. The zero-order chi connectivity index (χ0) is 19.5. The molecule has 0 N–H and O–H groups in total. The second-order valence-corrected chi connectivity index (χ2v) is 8.30. The maximum absolute atomic E-state index is 12.8. The number of benzene rings is 2. The van der Waals surface area contributed by atoms with E-state index in [4.69, 9.17) is 4.98 Å². The quantitative estimate of drug-likeness (QED) is 0.662. The lowest BCUT2D eigenvalue weighted by Gasteiger charge is -2.34. The van der Waals surface area contributed by atoms with E-state index in [2.05, 4.69) is 36.3 Å². The lowest BCUT2D eigenvalue weighted by molar-refractivity contribution is 0.0628. The fourth-order valence-electron chi connectivity index (χ4n) is 3.48. The highest BCUT2D eigenvalue weighted by molar-refractivity contribution is 7.09. The monoisotopic (exact) mass is 391 g/mol. The van der Waals surface area contributed by atoms with Crippen LogP contribution in [0, 0.1) is 13.8 Å². The highest BCUT2D eigenvalue weighted by atomic mass is 32.1. The number of carbonyl (C=O) groups excluding carboxylic acids is 1. The highest BCUT2D eigenvalue weighted by Gasteiger charge is 2.23. The van der Waals surface area contributed by atoms with E-state index in [9.17, 15) is 4.79 Å². The number of nitrogens with zero attached hydrogens (tertiary/aromatic N) is 3.